The van der Waals surface area contributed by atoms with Gasteiger partial charge in [-0.15, -0.1) is 0 Å². The molecule has 0 aromatic heterocycles. The maximum atomic E-state index is 3.51. The van der Waals surface area contributed by atoms with Crippen LogP contribution >= 0.6 is 0 Å². The highest BCUT2D eigenvalue weighted by Crippen LogP contribution is 2.28. The normalized spacial score (nSPS) is 16.9. The van der Waals surface area contributed by atoms with Gasteiger partial charge in [-0.2, -0.15) is 0 Å². The van der Waals surface area contributed by atoms with Crippen molar-refractivity contribution in [2.45, 2.75) is 65.1 Å². The molecule has 0 radical (unpaired) electrons. The van der Waals surface area contributed by atoms with E-state index in [1.807, 2.05) is 0 Å². The van der Waals surface area contributed by atoms with Crippen LogP contribution in [0.4, 0.5) is 0 Å². The van der Waals surface area contributed by atoms with Crippen LogP contribution in [-0.4, -0.2) is 30.1 Å². The maximum absolute atomic E-state index is 3.51. The van der Waals surface area contributed by atoms with Gasteiger partial charge in [0.1, 0.15) is 0 Å². The highest BCUT2D eigenvalue weighted by atomic mass is 15.2. The average molecular weight is 274 g/mol. The Bertz CT molecular complexity index is 392. The molecule has 1 atom stereocenters. The van der Waals surface area contributed by atoms with Gasteiger partial charge < -0.3 is 5.32 Å². The average Bonchev–Trinajstić information content (AvgIpc) is 3.27. The van der Waals surface area contributed by atoms with Crippen molar-refractivity contribution in [3.63, 3.8) is 0 Å². The molecule has 2 nitrogen and oxygen atoms in total. The van der Waals surface area contributed by atoms with Crippen LogP contribution < -0.4 is 5.32 Å². The molecule has 2 rings (SSSR count). The van der Waals surface area contributed by atoms with Crippen LogP contribution in [0.25, 0.3) is 0 Å². The number of benzene rings is 1. The third-order valence-electron chi connectivity index (χ3n) is 4.24. The minimum atomic E-state index is 0.563. The van der Waals surface area contributed by atoms with Crippen LogP contribution in [0.2, 0.25) is 0 Å². The third-order valence-corrected chi connectivity index (χ3v) is 4.24. The fourth-order valence-corrected chi connectivity index (χ4v) is 2.66. The van der Waals surface area contributed by atoms with Gasteiger partial charge in [-0.1, -0.05) is 52.0 Å². The van der Waals surface area contributed by atoms with Crippen LogP contribution in [0.1, 0.15) is 57.6 Å². The Morgan fingerprint density at radius 1 is 1.15 bits per heavy atom. The predicted octanol–water partition coefficient (Wildman–Crippen LogP) is 3.77. The first-order valence-corrected chi connectivity index (χ1v) is 8.16. The lowest BCUT2D eigenvalue weighted by molar-refractivity contribution is 0.269. The van der Waals surface area contributed by atoms with Crippen LogP contribution in [-0.2, 0) is 6.54 Å². The summed E-state index contributed by atoms with van der Waals surface area (Å²) in [6.07, 6.45) is 2.79. The highest BCUT2D eigenvalue weighted by Gasteiger charge is 2.27. The molecule has 1 aliphatic rings. The van der Waals surface area contributed by atoms with Crippen LogP contribution in [0.5, 0.6) is 0 Å². The minimum Gasteiger partial charge on any atom is -0.314 e. The second-order valence-corrected chi connectivity index (χ2v) is 6.50. The summed E-state index contributed by atoms with van der Waals surface area (Å²) >= 11 is 0. The van der Waals surface area contributed by atoms with Crippen molar-refractivity contribution in [3.05, 3.63) is 35.4 Å². The molecule has 0 spiro atoms. The second-order valence-electron chi connectivity index (χ2n) is 6.50. The van der Waals surface area contributed by atoms with Crippen molar-refractivity contribution in [2.75, 3.05) is 13.1 Å². The van der Waals surface area contributed by atoms with E-state index in [2.05, 4.69) is 62.2 Å². The number of rotatable bonds is 8. The summed E-state index contributed by atoms with van der Waals surface area (Å²) in [5.74, 6) is 0.581. The molecule has 1 N–H and O–H groups in total. The van der Waals surface area contributed by atoms with E-state index in [9.17, 15) is 0 Å². The summed E-state index contributed by atoms with van der Waals surface area (Å²) in [7, 11) is 0. The standard InChI is InChI=1S/C18H30N2/c1-5-20(18-10-11-18)13-16-6-8-17(9-7-16)15(4)12-19-14(2)3/h6-9,14-15,18-19H,5,10-13H2,1-4H3. The number of nitrogens with zero attached hydrogens (tertiary/aromatic N) is 1. The number of nitrogens with one attached hydrogen (secondary N) is 1. The lowest BCUT2D eigenvalue weighted by atomic mass is 9.99. The molecule has 1 saturated carbocycles. The molecule has 20 heavy (non-hydrogen) atoms. The molecular formula is C18H30N2. The Kier molecular flexibility index (Phi) is 5.62. The summed E-state index contributed by atoms with van der Waals surface area (Å²) in [4.78, 5) is 2.60. The van der Waals surface area contributed by atoms with Gasteiger partial charge >= 0.3 is 0 Å². The van der Waals surface area contributed by atoms with E-state index in [0.29, 0.717) is 12.0 Å². The predicted molar refractivity (Wildman–Crippen MR) is 87.1 cm³/mol. The zero-order valence-corrected chi connectivity index (χ0v) is 13.5. The van der Waals surface area contributed by atoms with Crippen molar-refractivity contribution >= 4 is 0 Å². The first-order valence-electron chi connectivity index (χ1n) is 8.16. The van der Waals surface area contributed by atoms with Gasteiger partial charge in [-0.3, -0.25) is 4.90 Å². The molecule has 0 bridgehead atoms. The van der Waals surface area contributed by atoms with Gasteiger partial charge in [0.25, 0.3) is 0 Å². The van der Waals surface area contributed by atoms with E-state index < -0.39 is 0 Å². The lowest BCUT2D eigenvalue weighted by Crippen LogP contribution is -2.27. The molecule has 0 amide bonds. The molecule has 112 valence electrons. The van der Waals surface area contributed by atoms with Crippen molar-refractivity contribution in [2.24, 2.45) is 0 Å². The Hall–Kier alpha value is -0.860. The van der Waals surface area contributed by atoms with Crippen molar-refractivity contribution in [1.29, 1.82) is 0 Å². The van der Waals surface area contributed by atoms with Gasteiger partial charge in [0.2, 0.25) is 0 Å². The van der Waals surface area contributed by atoms with Crippen molar-refractivity contribution in [1.82, 2.24) is 10.2 Å². The molecule has 1 unspecified atom stereocenters. The fraction of sp³-hybridized carbons (Fsp3) is 0.667. The monoisotopic (exact) mass is 274 g/mol. The van der Waals surface area contributed by atoms with E-state index in [1.165, 1.54) is 30.5 Å². The summed E-state index contributed by atoms with van der Waals surface area (Å²) in [6.45, 7) is 12.3. The van der Waals surface area contributed by atoms with Crippen LogP contribution in [0, 0.1) is 0 Å². The Balaban J connectivity index is 1.88. The van der Waals surface area contributed by atoms with E-state index in [-0.39, 0.29) is 0 Å². The first kappa shape index (κ1) is 15.5. The maximum Gasteiger partial charge on any atom is 0.0236 e. The molecule has 1 aliphatic carbocycles. The second kappa shape index (κ2) is 7.24. The van der Waals surface area contributed by atoms with Crippen molar-refractivity contribution < 1.29 is 0 Å². The minimum absolute atomic E-state index is 0.563. The van der Waals surface area contributed by atoms with Crippen LogP contribution in [0.3, 0.4) is 0 Å². The first-order chi connectivity index (χ1) is 9.60. The van der Waals surface area contributed by atoms with Gasteiger partial charge in [0.05, 0.1) is 0 Å². The summed E-state index contributed by atoms with van der Waals surface area (Å²) < 4.78 is 0. The van der Waals surface area contributed by atoms with Crippen LogP contribution in [0.15, 0.2) is 24.3 Å². The number of hydrogen-bond acceptors (Lipinski definition) is 2. The molecule has 1 aromatic carbocycles. The number of hydrogen-bond donors (Lipinski definition) is 1. The van der Waals surface area contributed by atoms with E-state index >= 15 is 0 Å². The topological polar surface area (TPSA) is 15.3 Å². The molecule has 2 heteroatoms. The summed E-state index contributed by atoms with van der Waals surface area (Å²) in [6, 6.07) is 10.7. The summed E-state index contributed by atoms with van der Waals surface area (Å²) in [5, 5.41) is 3.51. The molecule has 1 aromatic rings. The Morgan fingerprint density at radius 3 is 2.30 bits per heavy atom. The van der Waals surface area contributed by atoms with E-state index in [4.69, 9.17) is 0 Å². The molecule has 0 aliphatic heterocycles. The van der Waals surface area contributed by atoms with E-state index in [0.717, 1.165) is 19.1 Å². The quantitative estimate of drug-likeness (QED) is 0.776. The van der Waals surface area contributed by atoms with Gasteiger partial charge in [-0.25, -0.2) is 0 Å². The largest absolute Gasteiger partial charge is 0.314 e. The van der Waals surface area contributed by atoms with Gasteiger partial charge in [0, 0.05) is 25.2 Å². The SMILES string of the molecule is CCN(Cc1ccc(C(C)CNC(C)C)cc1)C1CC1. The van der Waals surface area contributed by atoms with E-state index in [1.54, 1.807) is 0 Å². The van der Waals surface area contributed by atoms with Gasteiger partial charge in [0.15, 0.2) is 0 Å². The molecule has 1 fully saturated rings. The zero-order valence-electron chi connectivity index (χ0n) is 13.5. The molecule has 0 heterocycles. The lowest BCUT2D eigenvalue weighted by Gasteiger charge is -2.20. The molecule has 0 saturated heterocycles. The zero-order chi connectivity index (χ0) is 14.5. The Labute approximate surface area is 124 Å². The Morgan fingerprint density at radius 2 is 1.80 bits per heavy atom. The highest BCUT2D eigenvalue weighted by molar-refractivity contribution is 5.25. The smallest absolute Gasteiger partial charge is 0.0236 e. The summed E-state index contributed by atoms with van der Waals surface area (Å²) in [5.41, 5.74) is 2.89. The third kappa shape index (κ3) is 4.60. The van der Waals surface area contributed by atoms with Crippen molar-refractivity contribution in [3.8, 4) is 0 Å². The fourth-order valence-electron chi connectivity index (χ4n) is 2.66. The van der Waals surface area contributed by atoms with Gasteiger partial charge in [-0.05, 0) is 36.4 Å². The molecular weight excluding hydrogens is 244 g/mol.